The van der Waals surface area contributed by atoms with E-state index in [1.54, 1.807) is 12.1 Å². The molecule has 1 aliphatic carbocycles. The summed E-state index contributed by atoms with van der Waals surface area (Å²) in [4.78, 5) is 22.2. The van der Waals surface area contributed by atoms with Crippen molar-refractivity contribution in [2.24, 2.45) is 5.92 Å². The largest absolute Gasteiger partial charge is 0.490 e. The van der Waals surface area contributed by atoms with E-state index in [1.807, 2.05) is 37.2 Å². The molecule has 9 heteroatoms. The zero-order valence-electron chi connectivity index (χ0n) is 20.0. The third kappa shape index (κ3) is 5.53. The van der Waals surface area contributed by atoms with E-state index in [2.05, 4.69) is 16.7 Å². The standard InChI is InChI=1S/C25H32N6O3/c1-30(2)24-20-6-4-5-7-21(20)28-25(29-24)27-19-11-8-17(9-12-19)15-26-16-18-10-13-22(31(32)33)23(14-18)34-3/h4-7,10,13-14,17,19,26H,8-9,11-12,15-16H2,1-3H3,(H,27,28,29). The van der Waals surface area contributed by atoms with Gasteiger partial charge < -0.3 is 20.3 Å². The van der Waals surface area contributed by atoms with Gasteiger partial charge in [0.05, 0.1) is 17.5 Å². The molecule has 1 heterocycles. The molecule has 3 aromatic rings. The Morgan fingerprint density at radius 1 is 1.12 bits per heavy atom. The number of anilines is 2. The second kappa shape index (κ2) is 10.6. The predicted molar refractivity (Wildman–Crippen MR) is 135 cm³/mol. The normalized spacial score (nSPS) is 18.0. The number of nitrogens with one attached hydrogen (secondary N) is 2. The molecule has 180 valence electrons. The Balaban J connectivity index is 1.28. The molecule has 1 fully saturated rings. The predicted octanol–water partition coefficient (Wildman–Crippen LogP) is 4.37. The molecule has 0 spiro atoms. The van der Waals surface area contributed by atoms with E-state index in [0.717, 1.165) is 54.5 Å². The summed E-state index contributed by atoms with van der Waals surface area (Å²) in [6.07, 6.45) is 4.40. The van der Waals surface area contributed by atoms with Crippen LogP contribution in [0.4, 0.5) is 17.5 Å². The number of benzene rings is 2. The Morgan fingerprint density at radius 3 is 2.59 bits per heavy atom. The van der Waals surface area contributed by atoms with Crippen molar-refractivity contribution in [2.45, 2.75) is 38.3 Å². The van der Waals surface area contributed by atoms with E-state index in [0.29, 0.717) is 30.2 Å². The maximum absolute atomic E-state index is 11.1. The van der Waals surface area contributed by atoms with Gasteiger partial charge in [0.25, 0.3) is 0 Å². The molecular weight excluding hydrogens is 432 g/mol. The Bertz CT molecular complexity index is 1140. The first-order chi connectivity index (χ1) is 16.4. The number of ether oxygens (including phenoxy) is 1. The van der Waals surface area contributed by atoms with E-state index in [1.165, 1.54) is 13.2 Å². The molecule has 34 heavy (non-hydrogen) atoms. The molecule has 0 saturated heterocycles. The molecule has 0 aliphatic heterocycles. The van der Waals surface area contributed by atoms with Crippen LogP contribution in [-0.2, 0) is 6.54 Å². The smallest absolute Gasteiger partial charge is 0.310 e. The van der Waals surface area contributed by atoms with Crippen LogP contribution in [0.3, 0.4) is 0 Å². The molecule has 4 rings (SSSR count). The first-order valence-corrected chi connectivity index (χ1v) is 11.7. The number of nitro groups is 1. The molecule has 1 aromatic heterocycles. The molecule has 2 N–H and O–H groups in total. The van der Waals surface area contributed by atoms with Crippen molar-refractivity contribution >= 4 is 28.4 Å². The number of fused-ring (bicyclic) bond motifs is 1. The Kier molecular flexibility index (Phi) is 7.42. The van der Waals surface area contributed by atoms with Gasteiger partial charge in [-0.1, -0.05) is 18.2 Å². The molecule has 0 atom stereocenters. The van der Waals surface area contributed by atoms with E-state index < -0.39 is 4.92 Å². The van der Waals surface area contributed by atoms with Gasteiger partial charge in [0.2, 0.25) is 5.95 Å². The number of para-hydroxylation sites is 1. The van der Waals surface area contributed by atoms with Crippen LogP contribution in [0.2, 0.25) is 0 Å². The van der Waals surface area contributed by atoms with Gasteiger partial charge in [-0.15, -0.1) is 0 Å². The number of rotatable bonds is 9. The summed E-state index contributed by atoms with van der Waals surface area (Å²) in [5.74, 6) is 2.52. The summed E-state index contributed by atoms with van der Waals surface area (Å²) in [6.45, 7) is 1.58. The fourth-order valence-corrected chi connectivity index (χ4v) is 4.56. The molecule has 1 saturated carbocycles. The summed E-state index contributed by atoms with van der Waals surface area (Å²) < 4.78 is 5.16. The van der Waals surface area contributed by atoms with Crippen LogP contribution in [-0.4, -0.2) is 48.7 Å². The first-order valence-electron chi connectivity index (χ1n) is 11.7. The molecular formula is C25H32N6O3. The van der Waals surface area contributed by atoms with Crippen molar-refractivity contribution in [3.63, 3.8) is 0 Å². The molecule has 0 amide bonds. The van der Waals surface area contributed by atoms with Gasteiger partial charge in [-0.25, -0.2) is 4.98 Å². The van der Waals surface area contributed by atoms with Gasteiger partial charge in [-0.2, -0.15) is 4.98 Å². The van der Waals surface area contributed by atoms with Crippen LogP contribution in [0.5, 0.6) is 5.75 Å². The second-order valence-electron chi connectivity index (χ2n) is 9.04. The average Bonchev–Trinajstić information content (AvgIpc) is 2.84. The Labute approximate surface area is 199 Å². The number of aromatic nitrogens is 2. The number of methoxy groups -OCH3 is 1. The van der Waals surface area contributed by atoms with E-state index in [4.69, 9.17) is 14.7 Å². The number of hydrogen-bond donors (Lipinski definition) is 2. The maximum atomic E-state index is 11.1. The highest BCUT2D eigenvalue weighted by Gasteiger charge is 2.22. The van der Waals surface area contributed by atoms with Crippen LogP contribution in [0, 0.1) is 16.0 Å². The van der Waals surface area contributed by atoms with Crippen LogP contribution < -0.4 is 20.3 Å². The lowest BCUT2D eigenvalue weighted by molar-refractivity contribution is -0.385. The summed E-state index contributed by atoms with van der Waals surface area (Å²) in [6, 6.07) is 13.5. The topological polar surface area (TPSA) is 105 Å². The highest BCUT2D eigenvalue weighted by molar-refractivity contribution is 5.90. The third-order valence-electron chi connectivity index (χ3n) is 6.39. The van der Waals surface area contributed by atoms with Crippen molar-refractivity contribution in [3.8, 4) is 5.75 Å². The zero-order chi connectivity index (χ0) is 24.1. The lowest BCUT2D eigenvalue weighted by atomic mass is 9.86. The number of nitro benzene ring substituents is 1. The Morgan fingerprint density at radius 2 is 1.88 bits per heavy atom. The lowest BCUT2D eigenvalue weighted by Gasteiger charge is -2.29. The quantitative estimate of drug-likeness (QED) is 0.355. The van der Waals surface area contributed by atoms with Crippen LogP contribution in [0.25, 0.3) is 10.9 Å². The monoisotopic (exact) mass is 464 g/mol. The second-order valence-corrected chi connectivity index (χ2v) is 9.04. The molecule has 2 aromatic carbocycles. The minimum Gasteiger partial charge on any atom is -0.490 e. The molecule has 1 aliphatic rings. The first kappa shape index (κ1) is 23.7. The number of nitrogens with zero attached hydrogens (tertiary/aromatic N) is 4. The average molecular weight is 465 g/mol. The molecule has 9 nitrogen and oxygen atoms in total. The van der Waals surface area contributed by atoms with Crippen molar-refractivity contribution < 1.29 is 9.66 Å². The maximum Gasteiger partial charge on any atom is 0.310 e. The minimum atomic E-state index is -0.424. The van der Waals surface area contributed by atoms with Crippen LogP contribution in [0.1, 0.15) is 31.2 Å². The van der Waals surface area contributed by atoms with E-state index in [9.17, 15) is 10.1 Å². The van der Waals surface area contributed by atoms with E-state index >= 15 is 0 Å². The lowest BCUT2D eigenvalue weighted by Crippen LogP contribution is -2.31. The van der Waals surface area contributed by atoms with Crippen molar-refractivity contribution in [1.82, 2.24) is 15.3 Å². The van der Waals surface area contributed by atoms with Crippen molar-refractivity contribution in [1.29, 1.82) is 0 Å². The summed E-state index contributed by atoms with van der Waals surface area (Å²) in [5.41, 5.74) is 1.91. The Hall–Kier alpha value is -3.46. The van der Waals surface area contributed by atoms with Crippen LogP contribution >= 0.6 is 0 Å². The summed E-state index contributed by atoms with van der Waals surface area (Å²) in [5, 5.41) is 19.2. The van der Waals surface area contributed by atoms with Gasteiger partial charge in [0.1, 0.15) is 5.82 Å². The third-order valence-corrected chi connectivity index (χ3v) is 6.39. The summed E-state index contributed by atoms with van der Waals surface area (Å²) >= 11 is 0. The fraction of sp³-hybridized carbons (Fsp3) is 0.440. The van der Waals surface area contributed by atoms with Gasteiger partial charge in [0, 0.05) is 38.1 Å². The van der Waals surface area contributed by atoms with E-state index in [-0.39, 0.29) is 5.69 Å². The molecule has 0 bridgehead atoms. The summed E-state index contributed by atoms with van der Waals surface area (Å²) in [7, 11) is 5.46. The van der Waals surface area contributed by atoms with Crippen molar-refractivity contribution in [3.05, 3.63) is 58.1 Å². The minimum absolute atomic E-state index is 0.00910. The highest BCUT2D eigenvalue weighted by Crippen LogP contribution is 2.29. The zero-order valence-corrected chi connectivity index (χ0v) is 20.0. The SMILES string of the molecule is COc1cc(CNCC2CCC(Nc3nc(N(C)C)c4ccccc4n3)CC2)ccc1[N+](=O)[O-]. The van der Waals surface area contributed by atoms with Crippen LogP contribution in [0.15, 0.2) is 42.5 Å². The molecule has 0 radical (unpaired) electrons. The van der Waals surface area contributed by atoms with Crippen molar-refractivity contribution in [2.75, 3.05) is 38.0 Å². The van der Waals surface area contributed by atoms with Gasteiger partial charge in [-0.05, 0) is 61.9 Å². The van der Waals surface area contributed by atoms with Gasteiger partial charge in [0.15, 0.2) is 5.75 Å². The molecule has 0 unspecified atom stereocenters. The van der Waals surface area contributed by atoms with Gasteiger partial charge >= 0.3 is 5.69 Å². The van der Waals surface area contributed by atoms with Gasteiger partial charge in [-0.3, -0.25) is 10.1 Å². The number of hydrogen-bond acceptors (Lipinski definition) is 8. The highest BCUT2D eigenvalue weighted by atomic mass is 16.6. The fourth-order valence-electron chi connectivity index (χ4n) is 4.56.